The van der Waals surface area contributed by atoms with Crippen molar-refractivity contribution in [2.24, 2.45) is 0 Å². The molecule has 7 nitrogen and oxygen atoms in total. The molecule has 164 valence electrons. The normalized spacial score (nSPS) is 12.5. The topological polar surface area (TPSA) is 93.9 Å². The van der Waals surface area contributed by atoms with Crippen LogP contribution < -0.4 is 4.72 Å². The largest absolute Gasteiger partial charge is 0.306 e. The first-order valence-electron chi connectivity index (χ1n) is 10.0. The van der Waals surface area contributed by atoms with Crippen LogP contribution in [0.5, 0.6) is 0 Å². The van der Waals surface area contributed by atoms with Crippen molar-refractivity contribution in [3.63, 3.8) is 0 Å². The number of thioether (sulfide) groups is 1. The lowest BCUT2D eigenvalue weighted by atomic mass is 10.1. The Labute approximate surface area is 187 Å². The van der Waals surface area contributed by atoms with Gasteiger partial charge in [0.1, 0.15) is 5.82 Å². The third-order valence-corrected chi connectivity index (χ3v) is 6.26. The predicted octanol–water partition coefficient (Wildman–Crippen LogP) is 4.01. The summed E-state index contributed by atoms with van der Waals surface area (Å²) in [5.74, 6) is 0.831. The number of benzene rings is 2. The summed E-state index contributed by atoms with van der Waals surface area (Å²) in [7, 11) is -3.35. The first kappa shape index (κ1) is 23.0. The molecule has 0 aliphatic heterocycles. The third-order valence-electron chi connectivity index (χ3n) is 4.57. The summed E-state index contributed by atoms with van der Waals surface area (Å²) in [4.78, 5) is 12.9. The zero-order valence-corrected chi connectivity index (χ0v) is 19.4. The molecular weight excluding hydrogens is 432 g/mol. The molecule has 2 aromatic carbocycles. The summed E-state index contributed by atoms with van der Waals surface area (Å²) in [6.07, 6.45) is 2.71. The van der Waals surface area contributed by atoms with Gasteiger partial charge >= 0.3 is 0 Å². The van der Waals surface area contributed by atoms with Crippen LogP contribution in [0, 0.1) is 0 Å². The fraction of sp³-hybridized carbons (Fsp3) is 0.318. The monoisotopic (exact) mass is 458 g/mol. The van der Waals surface area contributed by atoms with E-state index < -0.39 is 10.0 Å². The molecule has 0 aliphatic carbocycles. The molecule has 3 rings (SSSR count). The Kier molecular flexibility index (Phi) is 7.50. The van der Waals surface area contributed by atoms with Crippen LogP contribution in [0.15, 0.2) is 59.8 Å². The van der Waals surface area contributed by atoms with E-state index in [4.69, 9.17) is 0 Å². The van der Waals surface area contributed by atoms with Gasteiger partial charge in [-0.1, -0.05) is 49.0 Å². The molecule has 1 aromatic heterocycles. The fourth-order valence-corrected chi connectivity index (χ4v) is 4.66. The number of Topliss-reactive ketones (excluding diaryl/α,β-unsaturated/α-hetero) is 1. The molecule has 0 bridgehead atoms. The lowest BCUT2D eigenvalue weighted by Gasteiger charge is -2.13. The summed E-state index contributed by atoms with van der Waals surface area (Å²) >= 11 is 1.39. The van der Waals surface area contributed by atoms with Gasteiger partial charge in [0.2, 0.25) is 10.0 Å². The highest BCUT2D eigenvalue weighted by atomic mass is 32.2. The molecular formula is C22H26N4O3S2. The van der Waals surface area contributed by atoms with E-state index in [9.17, 15) is 13.2 Å². The standard InChI is InChI=1S/C22H26N4O3S2/c1-4-14-26-20(15-17-8-6-5-7-9-17)23-24-22(26)30-16(2)21(27)18-10-12-19(13-11-18)25-31(3,28)29/h5-13,16,25H,4,14-15H2,1-3H3. The van der Waals surface area contributed by atoms with Crippen LogP contribution in [0.4, 0.5) is 5.69 Å². The number of carbonyl (C=O) groups is 1. The van der Waals surface area contributed by atoms with Crippen molar-refractivity contribution in [1.29, 1.82) is 0 Å². The maximum atomic E-state index is 12.9. The van der Waals surface area contributed by atoms with Gasteiger partial charge in [-0.3, -0.25) is 9.52 Å². The second-order valence-electron chi connectivity index (χ2n) is 7.29. The Hall–Kier alpha value is -2.65. The quantitative estimate of drug-likeness (QED) is 0.364. The van der Waals surface area contributed by atoms with Crippen LogP contribution in [0.1, 0.15) is 42.0 Å². The number of hydrogen-bond donors (Lipinski definition) is 1. The SMILES string of the molecule is CCCn1c(Cc2ccccc2)nnc1SC(C)C(=O)c1ccc(NS(C)(=O)=O)cc1. The molecule has 0 fully saturated rings. The molecule has 0 radical (unpaired) electrons. The second kappa shape index (κ2) is 10.1. The molecule has 0 saturated heterocycles. The maximum absolute atomic E-state index is 12.9. The lowest BCUT2D eigenvalue weighted by molar-refractivity contribution is 0.0994. The molecule has 31 heavy (non-hydrogen) atoms. The van der Waals surface area contributed by atoms with E-state index in [0.717, 1.165) is 35.8 Å². The van der Waals surface area contributed by atoms with Gasteiger partial charge in [0.05, 0.1) is 11.5 Å². The second-order valence-corrected chi connectivity index (χ2v) is 10.3. The smallest absolute Gasteiger partial charge is 0.229 e. The minimum absolute atomic E-state index is 0.0495. The number of aromatic nitrogens is 3. The van der Waals surface area contributed by atoms with Crippen molar-refractivity contribution in [1.82, 2.24) is 14.8 Å². The van der Waals surface area contributed by atoms with Crippen molar-refractivity contribution >= 4 is 33.3 Å². The number of nitrogens with one attached hydrogen (secondary N) is 1. The van der Waals surface area contributed by atoms with Crippen LogP contribution in [0.2, 0.25) is 0 Å². The number of rotatable bonds is 10. The van der Waals surface area contributed by atoms with Crippen molar-refractivity contribution in [3.05, 3.63) is 71.5 Å². The highest BCUT2D eigenvalue weighted by molar-refractivity contribution is 8.00. The van der Waals surface area contributed by atoms with E-state index >= 15 is 0 Å². The summed E-state index contributed by atoms with van der Waals surface area (Å²) < 4.78 is 27.2. The summed E-state index contributed by atoms with van der Waals surface area (Å²) in [5, 5.41) is 9.09. The lowest BCUT2D eigenvalue weighted by Crippen LogP contribution is -2.15. The van der Waals surface area contributed by atoms with Gasteiger partial charge in [-0.05, 0) is 43.2 Å². The van der Waals surface area contributed by atoms with Gasteiger partial charge in [-0.15, -0.1) is 10.2 Å². The first-order chi connectivity index (χ1) is 14.8. The van der Waals surface area contributed by atoms with E-state index in [1.807, 2.05) is 25.1 Å². The molecule has 0 saturated carbocycles. The average Bonchev–Trinajstić information content (AvgIpc) is 3.09. The van der Waals surface area contributed by atoms with Crippen LogP contribution in [0.25, 0.3) is 0 Å². The van der Waals surface area contributed by atoms with Gasteiger partial charge in [0.25, 0.3) is 0 Å². The Balaban J connectivity index is 1.73. The van der Waals surface area contributed by atoms with Crippen molar-refractivity contribution in [2.45, 2.75) is 43.6 Å². The summed E-state index contributed by atoms with van der Waals surface area (Å²) in [5.41, 5.74) is 2.11. The van der Waals surface area contributed by atoms with Crippen molar-refractivity contribution < 1.29 is 13.2 Å². The van der Waals surface area contributed by atoms with E-state index in [1.54, 1.807) is 24.3 Å². The highest BCUT2D eigenvalue weighted by Crippen LogP contribution is 2.26. The minimum atomic E-state index is -3.35. The summed E-state index contributed by atoms with van der Waals surface area (Å²) in [6.45, 7) is 4.73. The average molecular weight is 459 g/mol. The van der Waals surface area contributed by atoms with E-state index in [1.165, 1.54) is 11.8 Å². The van der Waals surface area contributed by atoms with Gasteiger partial charge in [-0.25, -0.2) is 8.42 Å². The fourth-order valence-electron chi connectivity index (χ4n) is 3.13. The molecule has 1 heterocycles. The first-order valence-corrected chi connectivity index (χ1v) is 12.8. The van der Waals surface area contributed by atoms with Gasteiger partial charge < -0.3 is 4.57 Å². The van der Waals surface area contributed by atoms with Crippen LogP contribution in [-0.4, -0.2) is 40.5 Å². The van der Waals surface area contributed by atoms with Gasteiger partial charge in [0, 0.05) is 24.2 Å². The van der Waals surface area contributed by atoms with E-state index in [2.05, 4.69) is 38.5 Å². The molecule has 0 amide bonds. The number of ketones is 1. The zero-order chi connectivity index (χ0) is 22.4. The Bertz CT molecular complexity index is 1130. The highest BCUT2D eigenvalue weighted by Gasteiger charge is 2.21. The Morgan fingerprint density at radius 1 is 1.10 bits per heavy atom. The Morgan fingerprint density at radius 2 is 1.77 bits per heavy atom. The predicted molar refractivity (Wildman–Crippen MR) is 124 cm³/mol. The molecule has 0 spiro atoms. The molecule has 0 aliphatic rings. The number of sulfonamides is 1. The molecule has 1 unspecified atom stereocenters. The van der Waals surface area contributed by atoms with E-state index in [0.29, 0.717) is 17.7 Å². The minimum Gasteiger partial charge on any atom is -0.306 e. The maximum Gasteiger partial charge on any atom is 0.229 e. The molecule has 1 N–H and O–H groups in total. The summed E-state index contributed by atoms with van der Waals surface area (Å²) in [6, 6.07) is 16.5. The molecule has 9 heteroatoms. The van der Waals surface area contributed by atoms with E-state index in [-0.39, 0.29) is 11.0 Å². The third kappa shape index (κ3) is 6.41. The van der Waals surface area contributed by atoms with Gasteiger partial charge in [-0.2, -0.15) is 0 Å². The zero-order valence-electron chi connectivity index (χ0n) is 17.8. The Morgan fingerprint density at radius 3 is 2.39 bits per heavy atom. The number of hydrogen-bond acceptors (Lipinski definition) is 6. The van der Waals surface area contributed by atoms with Crippen LogP contribution >= 0.6 is 11.8 Å². The molecule has 1 atom stereocenters. The number of carbonyl (C=O) groups excluding carboxylic acids is 1. The van der Waals surface area contributed by atoms with Crippen LogP contribution in [-0.2, 0) is 23.0 Å². The number of anilines is 1. The van der Waals surface area contributed by atoms with Crippen LogP contribution in [0.3, 0.4) is 0 Å². The van der Waals surface area contributed by atoms with Gasteiger partial charge in [0.15, 0.2) is 10.9 Å². The van der Waals surface area contributed by atoms with Crippen molar-refractivity contribution in [3.8, 4) is 0 Å². The van der Waals surface area contributed by atoms with Crippen molar-refractivity contribution in [2.75, 3.05) is 11.0 Å². The number of nitrogens with zero attached hydrogens (tertiary/aromatic N) is 3. The molecule has 3 aromatic rings.